The van der Waals surface area contributed by atoms with Crippen LogP contribution in [0.5, 0.6) is 5.75 Å². The van der Waals surface area contributed by atoms with Gasteiger partial charge in [0.1, 0.15) is 36.7 Å². The Morgan fingerprint density at radius 3 is 2.11 bits per heavy atom. The molecule has 3 amide bonds. The summed E-state index contributed by atoms with van der Waals surface area (Å²) in [5.41, 5.74) is 4.84. The lowest BCUT2D eigenvalue weighted by Gasteiger charge is -2.19. The van der Waals surface area contributed by atoms with Crippen LogP contribution in [0, 0.1) is 13.8 Å². The molecule has 5 rings (SSSR count). The molecule has 2 aromatic heterocycles. The van der Waals surface area contributed by atoms with Crippen LogP contribution < -0.4 is 25.5 Å². The Balaban J connectivity index is 0.000000815. The first-order chi connectivity index (χ1) is 25.0. The van der Waals surface area contributed by atoms with Gasteiger partial charge in [0.05, 0.1) is 18.2 Å². The van der Waals surface area contributed by atoms with Crippen molar-refractivity contribution in [3.8, 4) is 5.75 Å². The molecule has 16 heteroatoms. The topological polar surface area (TPSA) is 166 Å². The number of nitrogens with one attached hydrogen (secondary N) is 3. The average Bonchev–Trinajstić information content (AvgIpc) is 3.60. The van der Waals surface area contributed by atoms with E-state index in [-0.39, 0.29) is 30.7 Å². The van der Waals surface area contributed by atoms with Crippen molar-refractivity contribution < 1.29 is 51.7 Å². The number of aromatic hydroxyl groups is 1. The van der Waals surface area contributed by atoms with E-state index in [1.165, 1.54) is 10.4 Å². The van der Waals surface area contributed by atoms with E-state index in [1.54, 1.807) is 73.7 Å². The number of benzene rings is 3. The number of phenols is 1. The molecular formula is C37H38F3N5O7S. The summed E-state index contributed by atoms with van der Waals surface area (Å²) in [5, 5.41) is 27.1. The molecule has 0 spiro atoms. The number of nitrogens with zero attached hydrogens (tertiary/aromatic N) is 2. The van der Waals surface area contributed by atoms with E-state index in [1.807, 2.05) is 6.20 Å². The number of hydrogen-bond acceptors (Lipinski definition) is 8. The highest BCUT2D eigenvalue weighted by Gasteiger charge is 2.29. The number of carbonyl (C=O) groups is 4. The molecule has 0 saturated carbocycles. The quantitative estimate of drug-likeness (QED) is 0.113. The fourth-order valence-corrected chi connectivity index (χ4v) is 5.93. The lowest BCUT2D eigenvalue weighted by Crippen LogP contribution is -2.49. The van der Waals surface area contributed by atoms with Crippen molar-refractivity contribution in [1.29, 1.82) is 0 Å². The second-order valence-electron chi connectivity index (χ2n) is 12.3. The molecule has 0 aliphatic heterocycles. The number of aryl methyl sites for hydroxylation is 2. The minimum absolute atomic E-state index is 0.109. The van der Waals surface area contributed by atoms with E-state index >= 15 is 0 Å². The number of esters is 1. The van der Waals surface area contributed by atoms with Crippen molar-refractivity contribution in [2.45, 2.75) is 65.5 Å². The van der Waals surface area contributed by atoms with Crippen molar-refractivity contribution in [2.75, 3.05) is 5.32 Å². The van der Waals surface area contributed by atoms with Crippen LogP contribution in [0.15, 0.2) is 85.2 Å². The van der Waals surface area contributed by atoms with Crippen LogP contribution in [0.1, 0.15) is 51.5 Å². The molecule has 280 valence electrons. The van der Waals surface area contributed by atoms with Gasteiger partial charge in [-0.1, -0.05) is 53.3 Å². The van der Waals surface area contributed by atoms with E-state index in [0.29, 0.717) is 17.8 Å². The van der Waals surface area contributed by atoms with E-state index in [9.17, 15) is 32.7 Å². The molecule has 53 heavy (non-hydrogen) atoms. The number of urea groups is 1. The maximum atomic E-state index is 13.6. The Hall–Kier alpha value is -5.90. The van der Waals surface area contributed by atoms with Gasteiger partial charge in [-0.2, -0.15) is 17.6 Å². The van der Waals surface area contributed by atoms with Crippen LogP contribution in [-0.4, -0.2) is 51.9 Å². The summed E-state index contributed by atoms with van der Waals surface area (Å²) in [5.74, 6) is -3.71. The first-order valence-corrected chi connectivity index (χ1v) is 17.1. The van der Waals surface area contributed by atoms with E-state index < -0.39 is 30.2 Å². The van der Waals surface area contributed by atoms with Crippen molar-refractivity contribution in [2.24, 2.45) is 0 Å². The molecule has 4 N–H and O–H groups in total. The molecule has 0 saturated heterocycles. The number of imidazole rings is 1. The number of phenolic OH excluding ortho intramolecular Hbond substituents is 1. The zero-order chi connectivity index (χ0) is 38.9. The predicted octanol–water partition coefficient (Wildman–Crippen LogP) is 4.57. The summed E-state index contributed by atoms with van der Waals surface area (Å²) < 4.78 is 41.0. The molecule has 3 aromatic carbocycles. The normalized spacial score (nSPS) is 11.7. The van der Waals surface area contributed by atoms with Gasteiger partial charge >= 0.3 is 23.1 Å². The largest absolute Gasteiger partial charge is 0.542 e. The third-order valence-corrected chi connectivity index (χ3v) is 8.56. The predicted molar refractivity (Wildman–Crippen MR) is 188 cm³/mol. The van der Waals surface area contributed by atoms with Gasteiger partial charge in [0.2, 0.25) is 5.91 Å². The van der Waals surface area contributed by atoms with Gasteiger partial charge in [0.25, 0.3) is 0 Å². The van der Waals surface area contributed by atoms with Gasteiger partial charge in [0.15, 0.2) is 5.69 Å². The molecular weight excluding hydrogens is 715 g/mol. The number of aromatic nitrogens is 2. The number of carboxylic acids is 1. The standard InChI is InChI=1S/C35H37N5O5S.C2HF3O2/c1-22(2)45-33(43)27-11-13-28(14-12-27)37-34(44)38-31(17-25-9-15-30(41)16-10-25)32(42)36-18-29-21-39-19-24(4)46-35(39)40(29)20-26-7-5-23(3)6-8-26;3-2(4,5)1(6)7/h5-16,19,21-22,31H,17-18,20H2,1-4H3,(H3-,36,37,38,41,42,43,44);(H,6,7)/t31-;/m0./s1. The number of alkyl halides is 3. The van der Waals surface area contributed by atoms with Crippen LogP contribution in [0.3, 0.4) is 0 Å². The van der Waals surface area contributed by atoms with Crippen LogP contribution in [0.4, 0.5) is 23.7 Å². The van der Waals surface area contributed by atoms with Gasteiger partial charge in [0, 0.05) is 17.0 Å². The molecule has 0 fully saturated rings. The molecule has 5 aromatic rings. The Bertz CT molecular complexity index is 2040. The van der Waals surface area contributed by atoms with Crippen LogP contribution in [-0.2, 0) is 33.8 Å². The molecule has 0 radical (unpaired) electrons. The lowest BCUT2D eigenvalue weighted by atomic mass is 10.0. The van der Waals surface area contributed by atoms with Gasteiger partial charge in [-0.3, -0.25) is 4.79 Å². The summed E-state index contributed by atoms with van der Waals surface area (Å²) in [4.78, 5) is 49.9. The van der Waals surface area contributed by atoms with E-state index in [0.717, 1.165) is 21.8 Å². The monoisotopic (exact) mass is 753 g/mol. The third-order valence-electron chi connectivity index (χ3n) is 7.52. The summed E-state index contributed by atoms with van der Waals surface area (Å²) in [6, 6.07) is 19.7. The third kappa shape index (κ3) is 11.8. The number of hydrogen-bond donors (Lipinski definition) is 4. The van der Waals surface area contributed by atoms with Gasteiger partial charge < -0.3 is 35.7 Å². The number of carboxylic acid groups (broad SMARTS) is 1. The van der Waals surface area contributed by atoms with Crippen molar-refractivity contribution in [3.05, 3.63) is 118 Å². The molecule has 1 atom stereocenters. The molecule has 12 nitrogen and oxygen atoms in total. The maximum Gasteiger partial charge on any atom is 0.430 e. The minimum Gasteiger partial charge on any atom is -0.542 e. The van der Waals surface area contributed by atoms with Crippen LogP contribution in [0.2, 0.25) is 0 Å². The Morgan fingerprint density at radius 1 is 0.925 bits per heavy atom. The number of rotatable bonds is 11. The summed E-state index contributed by atoms with van der Waals surface area (Å²) in [7, 11) is 0. The summed E-state index contributed by atoms with van der Waals surface area (Å²) in [6.45, 7) is 8.56. The minimum atomic E-state index is -5.19. The number of fused-ring (bicyclic) bond motifs is 1. The number of amides is 3. The number of anilines is 1. The number of thiazole rings is 1. The lowest BCUT2D eigenvalue weighted by molar-refractivity contribution is -0.506. The Labute approximate surface area is 306 Å². The fourth-order valence-electron chi connectivity index (χ4n) is 4.98. The molecule has 2 heterocycles. The number of ether oxygens (including phenoxy) is 1. The summed E-state index contributed by atoms with van der Waals surface area (Å²) >= 11 is 1.68. The number of halogens is 3. The molecule has 0 aliphatic carbocycles. The zero-order valence-electron chi connectivity index (χ0n) is 29.2. The van der Waals surface area contributed by atoms with Crippen LogP contribution in [0.25, 0.3) is 4.96 Å². The highest BCUT2D eigenvalue weighted by Crippen LogP contribution is 2.19. The van der Waals surface area contributed by atoms with Crippen molar-refractivity contribution in [3.63, 3.8) is 0 Å². The average molecular weight is 754 g/mol. The number of carbonyl (C=O) groups excluding carboxylic acids is 4. The van der Waals surface area contributed by atoms with Crippen molar-refractivity contribution >= 4 is 45.9 Å². The molecule has 0 aliphatic rings. The van der Waals surface area contributed by atoms with Gasteiger partial charge in [-0.25, -0.2) is 14.2 Å². The van der Waals surface area contributed by atoms with Gasteiger partial charge in [-0.05, 0) is 75.2 Å². The van der Waals surface area contributed by atoms with Crippen molar-refractivity contribution in [1.82, 2.24) is 15.2 Å². The highest BCUT2D eigenvalue weighted by atomic mass is 32.1. The Kier molecular flexibility index (Phi) is 13.2. The van der Waals surface area contributed by atoms with Crippen LogP contribution >= 0.6 is 11.3 Å². The first kappa shape index (κ1) is 39.9. The maximum absolute atomic E-state index is 13.6. The second kappa shape index (κ2) is 17.5. The highest BCUT2D eigenvalue weighted by molar-refractivity contribution is 7.16. The van der Waals surface area contributed by atoms with Gasteiger partial charge in [-0.15, -0.1) is 0 Å². The fraction of sp³-hybridized carbons (Fsp3) is 0.270. The first-order valence-electron chi connectivity index (χ1n) is 16.3. The Morgan fingerprint density at radius 2 is 1.53 bits per heavy atom. The number of aliphatic carboxylic acids is 1. The van der Waals surface area contributed by atoms with E-state index in [4.69, 9.17) is 14.6 Å². The molecule has 0 bridgehead atoms. The second-order valence-corrected chi connectivity index (χ2v) is 13.5. The summed E-state index contributed by atoms with van der Waals surface area (Å²) in [6.07, 6.45) is -1.16. The molecule has 0 unspecified atom stereocenters. The SMILES string of the molecule is Cc1ccc(Cn2c(CNC(=O)[C@H](Cc3ccc(O)cc3)NC(=O)Nc3ccc(C(=O)OC(C)C)cc3)c[n+]3cc(C)sc23)cc1.O=C([O-])C(F)(F)F. The smallest absolute Gasteiger partial charge is 0.430 e. The zero-order valence-corrected chi connectivity index (χ0v) is 30.0. The van der Waals surface area contributed by atoms with E-state index in [2.05, 4.69) is 69.2 Å².